The lowest BCUT2D eigenvalue weighted by Crippen LogP contribution is -2.23. The van der Waals surface area contributed by atoms with Gasteiger partial charge in [-0.2, -0.15) is 8.42 Å². The molecule has 9 heteroatoms. The Balaban J connectivity index is 2.37. The zero-order valence-corrected chi connectivity index (χ0v) is 12.3. The van der Waals surface area contributed by atoms with Crippen LogP contribution in [0.25, 0.3) is 0 Å². The van der Waals surface area contributed by atoms with Gasteiger partial charge < -0.3 is 15.2 Å². The van der Waals surface area contributed by atoms with Crippen LogP contribution < -0.4 is 10.1 Å². The minimum Gasteiger partial charge on any atom is -0.497 e. The number of sulfonamides is 1. The molecule has 1 heterocycles. The second-order valence-corrected chi connectivity index (χ2v) is 6.86. The summed E-state index contributed by atoms with van der Waals surface area (Å²) in [6, 6.07) is 4.52. The molecule has 1 unspecified atom stereocenters. The number of nitrogens with zero attached hydrogens (tertiary/aromatic N) is 1. The maximum absolute atomic E-state index is 12.1. The van der Waals surface area contributed by atoms with E-state index in [-0.39, 0.29) is 10.1 Å². The minimum absolute atomic E-state index is 0.00387. The molecule has 2 N–H and O–H groups in total. The molecule has 1 aliphatic rings. The molecule has 0 amide bonds. The maximum atomic E-state index is 12.1. The summed E-state index contributed by atoms with van der Waals surface area (Å²) in [7, 11) is -2.43. The van der Waals surface area contributed by atoms with Gasteiger partial charge in [-0.25, -0.2) is 0 Å². The van der Waals surface area contributed by atoms with Gasteiger partial charge in [-0.1, -0.05) is 11.8 Å². The summed E-state index contributed by atoms with van der Waals surface area (Å²) >= 11 is 0.833. The van der Waals surface area contributed by atoms with Crippen molar-refractivity contribution in [2.75, 3.05) is 12.4 Å². The lowest BCUT2D eigenvalue weighted by atomic mass is 10.3. The van der Waals surface area contributed by atoms with Gasteiger partial charge in [0.1, 0.15) is 15.9 Å². The van der Waals surface area contributed by atoms with E-state index in [4.69, 9.17) is 9.84 Å². The van der Waals surface area contributed by atoms with Gasteiger partial charge in [0.25, 0.3) is 10.0 Å². The van der Waals surface area contributed by atoms with Crippen LogP contribution in [0.5, 0.6) is 5.75 Å². The molecule has 1 atom stereocenters. The van der Waals surface area contributed by atoms with Crippen LogP contribution in [0.3, 0.4) is 0 Å². The van der Waals surface area contributed by atoms with Gasteiger partial charge >= 0.3 is 5.97 Å². The van der Waals surface area contributed by atoms with Crippen molar-refractivity contribution in [1.29, 1.82) is 0 Å². The van der Waals surface area contributed by atoms with Crippen LogP contribution in [0.15, 0.2) is 27.5 Å². The minimum atomic E-state index is -3.86. The van der Waals surface area contributed by atoms with Crippen LogP contribution in [-0.2, 0) is 14.8 Å². The first-order valence-electron chi connectivity index (χ1n) is 5.53. The summed E-state index contributed by atoms with van der Waals surface area (Å²) in [5.74, 6) is -0.642. The van der Waals surface area contributed by atoms with Crippen molar-refractivity contribution in [3.05, 3.63) is 18.2 Å². The second-order valence-electron chi connectivity index (χ2n) is 3.96. The van der Waals surface area contributed by atoms with Crippen molar-refractivity contribution in [3.63, 3.8) is 0 Å². The SMILES string of the molecule is COc1ccc2c(c1)S(=O)(=O)N=C(SC(C)C(=O)O)N2. The van der Waals surface area contributed by atoms with E-state index in [0.29, 0.717) is 11.4 Å². The Kier molecular flexibility index (Phi) is 3.91. The quantitative estimate of drug-likeness (QED) is 0.867. The van der Waals surface area contributed by atoms with Gasteiger partial charge in [0, 0.05) is 6.07 Å². The fraction of sp³-hybridized carbons (Fsp3) is 0.273. The highest BCUT2D eigenvalue weighted by Crippen LogP contribution is 2.33. The van der Waals surface area contributed by atoms with Gasteiger partial charge in [-0.3, -0.25) is 4.79 Å². The number of fused-ring (bicyclic) bond motifs is 1. The van der Waals surface area contributed by atoms with E-state index in [1.807, 2.05) is 0 Å². The number of nitrogens with one attached hydrogen (secondary N) is 1. The highest BCUT2D eigenvalue weighted by atomic mass is 32.2. The molecule has 1 aromatic rings. The van der Waals surface area contributed by atoms with Crippen LogP contribution in [0, 0.1) is 0 Å². The van der Waals surface area contributed by atoms with Gasteiger partial charge in [-0.05, 0) is 19.1 Å². The largest absolute Gasteiger partial charge is 0.497 e. The van der Waals surface area contributed by atoms with E-state index in [2.05, 4.69) is 9.71 Å². The third-order valence-corrected chi connectivity index (χ3v) is 4.95. The number of hydrogen-bond acceptors (Lipinski definition) is 6. The zero-order chi connectivity index (χ0) is 14.9. The Morgan fingerprint density at radius 2 is 2.20 bits per heavy atom. The molecule has 0 aromatic heterocycles. The molecule has 0 radical (unpaired) electrons. The molecule has 0 saturated carbocycles. The van der Waals surface area contributed by atoms with E-state index in [1.54, 1.807) is 12.1 Å². The topological polar surface area (TPSA) is 105 Å². The van der Waals surface area contributed by atoms with Crippen LogP contribution in [0.4, 0.5) is 5.69 Å². The molecular weight excluding hydrogens is 304 g/mol. The Hall–Kier alpha value is -1.74. The number of ether oxygens (including phenoxy) is 1. The van der Waals surface area contributed by atoms with E-state index in [9.17, 15) is 13.2 Å². The van der Waals surface area contributed by atoms with Gasteiger partial charge in [0.15, 0.2) is 5.17 Å². The average Bonchev–Trinajstić information content (AvgIpc) is 2.37. The molecule has 1 aliphatic heterocycles. The first-order chi connectivity index (χ1) is 9.33. The number of thioether (sulfide) groups is 1. The number of hydrogen-bond donors (Lipinski definition) is 2. The fourth-order valence-corrected chi connectivity index (χ4v) is 3.61. The van der Waals surface area contributed by atoms with Crippen LogP contribution in [0.1, 0.15) is 6.92 Å². The van der Waals surface area contributed by atoms with Crippen LogP contribution in [-0.4, -0.2) is 37.0 Å². The third kappa shape index (κ3) is 2.88. The number of amidine groups is 1. The molecule has 7 nitrogen and oxygen atoms in total. The molecule has 0 bridgehead atoms. The molecule has 20 heavy (non-hydrogen) atoms. The van der Waals surface area contributed by atoms with Gasteiger partial charge in [0.2, 0.25) is 0 Å². The van der Waals surface area contributed by atoms with Crippen LogP contribution in [0.2, 0.25) is 0 Å². The monoisotopic (exact) mass is 316 g/mol. The highest BCUT2D eigenvalue weighted by Gasteiger charge is 2.27. The molecule has 0 saturated heterocycles. The van der Waals surface area contributed by atoms with E-state index in [0.717, 1.165) is 11.8 Å². The average molecular weight is 316 g/mol. The van der Waals surface area contributed by atoms with E-state index < -0.39 is 21.2 Å². The molecule has 0 spiro atoms. The lowest BCUT2D eigenvalue weighted by Gasteiger charge is -2.19. The number of benzene rings is 1. The lowest BCUT2D eigenvalue weighted by molar-refractivity contribution is -0.136. The van der Waals surface area contributed by atoms with Crippen molar-refractivity contribution in [1.82, 2.24) is 0 Å². The number of carbonyl (C=O) groups is 1. The van der Waals surface area contributed by atoms with E-state index in [1.165, 1.54) is 20.1 Å². The van der Waals surface area contributed by atoms with Gasteiger partial charge in [0.05, 0.1) is 12.8 Å². The fourth-order valence-electron chi connectivity index (χ4n) is 1.51. The zero-order valence-electron chi connectivity index (χ0n) is 10.7. The summed E-state index contributed by atoms with van der Waals surface area (Å²) in [6.07, 6.45) is 0. The molecule has 108 valence electrons. The summed E-state index contributed by atoms with van der Waals surface area (Å²) in [5.41, 5.74) is 0.348. The molecule has 0 fully saturated rings. The molecule has 0 aliphatic carbocycles. The van der Waals surface area contributed by atoms with Crippen molar-refractivity contribution >= 4 is 38.6 Å². The Bertz CT molecular complexity index is 684. The molecule has 2 rings (SSSR count). The summed E-state index contributed by atoms with van der Waals surface area (Å²) < 4.78 is 32.7. The smallest absolute Gasteiger partial charge is 0.316 e. The van der Waals surface area contributed by atoms with Crippen molar-refractivity contribution in [3.8, 4) is 5.75 Å². The van der Waals surface area contributed by atoms with Gasteiger partial charge in [-0.15, -0.1) is 4.40 Å². The summed E-state index contributed by atoms with van der Waals surface area (Å²) in [4.78, 5) is 10.8. The summed E-state index contributed by atoms with van der Waals surface area (Å²) in [6.45, 7) is 1.45. The predicted molar refractivity (Wildman–Crippen MR) is 75.9 cm³/mol. The number of methoxy groups -OCH3 is 1. The Labute approximate surface area is 120 Å². The summed E-state index contributed by atoms with van der Waals surface area (Å²) in [5, 5.41) is 10.9. The van der Waals surface area contributed by atoms with Crippen molar-refractivity contribution < 1.29 is 23.1 Å². The molecule has 1 aromatic carbocycles. The first-order valence-corrected chi connectivity index (χ1v) is 7.85. The second kappa shape index (κ2) is 5.33. The third-order valence-electron chi connectivity index (χ3n) is 2.55. The van der Waals surface area contributed by atoms with Crippen molar-refractivity contribution in [2.24, 2.45) is 4.40 Å². The first kappa shape index (κ1) is 14.7. The standard InChI is InChI=1S/C11H12N2O5S2/c1-6(10(14)15)19-11-12-8-4-3-7(18-2)5-9(8)20(16,17)13-11/h3-6H,1-2H3,(H,12,13)(H,14,15). The maximum Gasteiger partial charge on any atom is 0.316 e. The Morgan fingerprint density at radius 3 is 2.80 bits per heavy atom. The van der Waals surface area contributed by atoms with E-state index >= 15 is 0 Å². The Morgan fingerprint density at radius 1 is 1.50 bits per heavy atom. The molecular formula is C11H12N2O5S2. The predicted octanol–water partition coefficient (Wildman–Crippen LogP) is 1.37. The number of carboxylic acid groups (broad SMARTS) is 1. The number of rotatable bonds is 3. The number of carboxylic acids is 1. The van der Waals surface area contributed by atoms with Crippen molar-refractivity contribution in [2.45, 2.75) is 17.1 Å². The highest BCUT2D eigenvalue weighted by molar-refractivity contribution is 8.15. The van der Waals surface area contributed by atoms with Crippen LogP contribution >= 0.6 is 11.8 Å². The number of anilines is 1. The normalized spacial score (nSPS) is 17.4. The number of aliphatic carboxylic acids is 1.